The molecule has 0 aromatic heterocycles. The summed E-state index contributed by atoms with van der Waals surface area (Å²) in [6, 6.07) is 6.33. The fourth-order valence-electron chi connectivity index (χ4n) is 3.09. The maximum Gasteiger partial charge on any atom is 0.308 e. The number of carbonyl (C=O) groups excluding carboxylic acids is 3. The van der Waals surface area contributed by atoms with Crippen LogP contribution in [0.25, 0.3) is 0 Å². The Balaban J connectivity index is 1.91. The van der Waals surface area contributed by atoms with Crippen molar-refractivity contribution in [3.8, 4) is 0 Å². The average molecular weight is 386 g/mol. The molecule has 8 nitrogen and oxygen atoms in total. The van der Waals surface area contributed by atoms with E-state index < -0.39 is 17.9 Å². The average Bonchev–Trinajstić information content (AvgIpc) is 3.01. The van der Waals surface area contributed by atoms with Gasteiger partial charge in [0, 0.05) is 30.1 Å². The topological polar surface area (TPSA) is 126 Å². The largest absolute Gasteiger partial charge is 0.466 e. The van der Waals surface area contributed by atoms with Gasteiger partial charge in [-0.15, -0.1) is 6.58 Å². The van der Waals surface area contributed by atoms with Gasteiger partial charge in [-0.25, -0.2) is 0 Å². The second-order valence-corrected chi connectivity index (χ2v) is 6.56. The Labute approximate surface area is 164 Å². The molecule has 28 heavy (non-hydrogen) atoms. The van der Waals surface area contributed by atoms with Crippen LogP contribution in [0.4, 0.5) is 5.69 Å². The molecule has 2 amide bonds. The predicted octanol–water partition coefficient (Wildman–Crippen LogP) is 1.34. The van der Waals surface area contributed by atoms with E-state index in [-0.39, 0.29) is 37.1 Å². The molecule has 1 aliphatic heterocycles. The minimum Gasteiger partial charge on any atom is -0.466 e. The lowest BCUT2D eigenvalue weighted by Crippen LogP contribution is -2.37. The fourth-order valence-corrected chi connectivity index (χ4v) is 3.09. The van der Waals surface area contributed by atoms with Crippen molar-refractivity contribution in [3.05, 3.63) is 42.5 Å². The Morgan fingerprint density at radius 1 is 1.43 bits per heavy atom. The highest BCUT2D eigenvalue weighted by Gasteiger charge is 2.34. The van der Waals surface area contributed by atoms with Crippen LogP contribution in [-0.2, 0) is 19.1 Å². The summed E-state index contributed by atoms with van der Waals surface area (Å²) in [7, 11) is 0. The standard InChI is InChI=1S/C20H26N4O4/c1-3-15(12-18(26)28-4-2)23-17(25)11-14-9-10-24(20(14)27)16-7-5-13(6-8-16)19(21)22/h3,5-8,14-15H,1,4,9-12H2,2H3,(H3,21,22)(H,23,25)/t14?,15-/m1/s1. The number of carbonyl (C=O) groups is 3. The summed E-state index contributed by atoms with van der Waals surface area (Å²) in [5, 5.41) is 10.1. The normalized spacial score (nSPS) is 17.1. The summed E-state index contributed by atoms with van der Waals surface area (Å²) in [5.41, 5.74) is 6.74. The van der Waals surface area contributed by atoms with Crippen molar-refractivity contribution in [1.82, 2.24) is 5.32 Å². The summed E-state index contributed by atoms with van der Waals surface area (Å²) in [4.78, 5) is 38.1. The molecule has 1 aromatic rings. The number of nitrogens with one attached hydrogen (secondary N) is 2. The first-order valence-corrected chi connectivity index (χ1v) is 9.19. The maximum absolute atomic E-state index is 12.7. The van der Waals surface area contributed by atoms with Gasteiger partial charge in [-0.3, -0.25) is 19.8 Å². The number of hydrogen-bond acceptors (Lipinski definition) is 5. The second kappa shape index (κ2) is 9.68. The lowest BCUT2D eigenvalue weighted by molar-refractivity contribution is -0.143. The molecule has 8 heteroatoms. The molecule has 1 heterocycles. The third-order valence-electron chi connectivity index (χ3n) is 4.56. The van der Waals surface area contributed by atoms with E-state index >= 15 is 0 Å². The zero-order chi connectivity index (χ0) is 20.7. The SMILES string of the molecule is C=C[C@H](CC(=O)OCC)NC(=O)CC1CCN(c2ccc(C(=N)N)cc2)C1=O. The van der Waals surface area contributed by atoms with E-state index in [9.17, 15) is 14.4 Å². The van der Waals surface area contributed by atoms with Gasteiger partial charge in [-0.05, 0) is 37.6 Å². The van der Waals surface area contributed by atoms with Crippen LogP contribution in [-0.4, -0.2) is 42.8 Å². The van der Waals surface area contributed by atoms with Gasteiger partial charge in [-0.2, -0.15) is 0 Å². The highest BCUT2D eigenvalue weighted by Crippen LogP contribution is 2.27. The summed E-state index contributed by atoms with van der Waals surface area (Å²) < 4.78 is 4.87. The lowest BCUT2D eigenvalue weighted by Gasteiger charge is -2.18. The number of nitrogens with zero attached hydrogens (tertiary/aromatic N) is 1. The van der Waals surface area contributed by atoms with Gasteiger partial charge in [0.25, 0.3) is 0 Å². The van der Waals surface area contributed by atoms with Gasteiger partial charge >= 0.3 is 5.97 Å². The van der Waals surface area contributed by atoms with Crippen LogP contribution in [0.3, 0.4) is 0 Å². The number of amides is 2. The van der Waals surface area contributed by atoms with Gasteiger partial charge < -0.3 is 20.7 Å². The Kier molecular flexibility index (Phi) is 7.31. The molecule has 1 aliphatic rings. The molecule has 1 aromatic carbocycles. The molecule has 2 atom stereocenters. The monoisotopic (exact) mass is 386 g/mol. The quantitative estimate of drug-likeness (QED) is 0.256. The van der Waals surface area contributed by atoms with Crippen LogP contribution in [0.1, 0.15) is 31.7 Å². The third kappa shape index (κ3) is 5.42. The van der Waals surface area contributed by atoms with Gasteiger partial charge in [0.1, 0.15) is 5.84 Å². The summed E-state index contributed by atoms with van der Waals surface area (Å²) in [6.07, 6.45) is 2.11. The van der Waals surface area contributed by atoms with Crippen molar-refractivity contribution >= 4 is 29.3 Å². The molecule has 150 valence electrons. The van der Waals surface area contributed by atoms with Crippen molar-refractivity contribution < 1.29 is 19.1 Å². The van der Waals surface area contributed by atoms with Crippen LogP contribution >= 0.6 is 0 Å². The Morgan fingerprint density at radius 3 is 2.68 bits per heavy atom. The van der Waals surface area contributed by atoms with E-state index in [4.69, 9.17) is 15.9 Å². The number of ether oxygens (including phenoxy) is 1. The zero-order valence-electron chi connectivity index (χ0n) is 15.9. The molecule has 0 radical (unpaired) electrons. The Bertz CT molecular complexity index is 760. The number of nitrogens with two attached hydrogens (primary N) is 1. The molecule has 0 aliphatic carbocycles. The van der Waals surface area contributed by atoms with E-state index in [1.54, 1.807) is 36.1 Å². The van der Waals surface area contributed by atoms with E-state index in [0.29, 0.717) is 24.2 Å². The minimum atomic E-state index is -0.529. The minimum absolute atomic E-state index is 0.0102. The molecule has 1 fully saturated rings. The molecular weight excluding hydrogens is 360 g/mol. The van der Waals surface area contributed by atoms with Gasteiger partial charge in [-0.1, -0.05) is 6.08 Å². The van der Waals surface area contributed by atoms with Crippen molar-refractivity contribution in [2.75, 3.05) is 18.1 Å². The van der Waals surface area contributed by atoms with Crippen molar-refractivity contribution in [1.29, 1.82) is 5.41 Å². The van der Waals surface area contributed by atoms with E-state index in [1.165, 1.54) is 6.08 Å². The van der Waals surface area contributed by atoms with E-state index in [0.717, 1.165) is 0 Å². The molecule has 2 rings (SSSR count). The number of esters is 1. The maximum atomic E-state index is 12.7. The predicted molar refractivity (Wildman–Crippen MR) is 106 cm³/mol. The van der Waals surface area contributed by atoms with Crippen LogP contribution in [0, 0.1) is 11.3 Å². The molecule has 0 saturated carbocycles. The molecular formula is C20H26N4O4. The molecule has 1 unspecified atom stereocenters. The van der Waals surface area contributed by atoms with Crippen molar-refractivity contribution in [3.63, 3.8) is 0 Å². The second-order valence-electron chi connectivity index (χ2n) is 6.56. The first-order chi connectivity index (χ1) is 13.3. The molecule has 4 N–H and O–H groups in total. The number of rotatable bonds is 9. The Hall–Kier alpha value is -3.16. The fraction of sp³-hybridized carbons (Fsp3) is 0.400. The summed E-state index contributed by atoms with van der Waals surface area (Å²) in [5.74, 6) is -1.29. The smallest absolute Gasteiger partial charge is 0.308 e. The van der Waals surface area contributed by atoms with Crippen LogP contribution in [0.15, 0.2) is 36.9 Å². The van der Waals surface area contributed by atoms with E-state index in [2.05, 4.69) is 11.9 Å². The van der Waals surface area contributed by atoms with Gasteiger partial charge in [0.2, 0.25) is 11.8 Å². The highest BCUT2D eigenvalue weighted by atomic mass is 16.5. The van der Waals surface area contributed by atoms with Gasteiger partial charge in [0.15, 0.2) is 0 Å². The van der Waals surface area contributed by atoms with Gasteiger partial charge in [0.05, 0.1) is 19.1 Å². The summed E-state index contributed by atoms with van der Waals surface area (Å²) in [6.45, 7) is 6.13. The van der Waals surface area contributed by atoms with Crippen LogP contribution in [0.2, 0.25) is 0 Å². The highest BCUT2D eigenvalue weighted by molar-refractivity contribution is 6.00. The number of benzene rings is 1. The number of amidine groups is 1. The van der Waals surface area contributed by atoms with Crippen molar-refractivity contribution in [2.45, 2.75) is 32.2 Å². The number of anilines is 1. The summed E-state index contributed by atoms with van der Waals surface area (Å²) >= 11 is 0. The zero-order valence-corrected chi connectivity index (χ0v) is 15.9. The lowest BCUT2D eigenvalue weighted by atomic mass is 10.0. The number of hydrogen-bond donors (Lipinski definition) is 3. The Morgan fingerprint density at radius 2 is 2.11 bits per heavy atom. The van der Waals surface area contributed by atoms with E-state index in [1.807, 2.05) is 0 Å². The first kappa shape index (κ1) is 21.1. The molecule has 1 saturated heterocycles. The number of nitrogen functional groups attached to an aromatic ring is 1. The van der Waals surface area contributed by atoms with Crippen LogP contribution in [0.5, 0.6) is 0 Å². The first-order valence-electron chi connectivity index (χ1n) is 9.19. The van der Waals surface area contributed by atoms with Crippen molar-refractivity contribution in [2.24, 2.45) is 11.7 Å². The third-order valence-corrected chi connectivity index (χ3v) is 4.56. The molecule has 0 spiro atoms. The molecule has 0 bridgehead atoms. The van der Waals surface area contributed by atoms with Crippen LogP contribution < -0.4 is 16.0 Å².